The topological polar surface area (TPSA) is 55.6 Å². The van der Waals surface area contributed by atoms with Crippen molar-refractivity contribution in [2.45, 2.75) is 19.8 Å². The number of hydrogen-bond acceptors (Lipinski definition) is 3. The summed E-state index contributed by atoms with van der Waals surface area (Å²) in [7, 11) is 1.62. The fourth-order valence-electron chi connectivity index (χ4n) is 2.47. The molecule has 0 saturated carbocycles. The Bertz CT molecular complexity index is 445. The second-order valence-electron chi connectivity index (χ2n) is 4.79. The van der Waals surface area contributed by atoms with E-state index in [1.54, 1.807) is 7.11 Å². The Morgan fingerprint density at radius 2 is 2.33 bits per heavy atom. The van der Waals surface area contributed by atoms with Crippen molar-refractivity contribution in [3.8, 4) is 0 Å². The van der Waals surface area contributed by atoms with Crippen LogP contribution < -0.4 is 10.6 Å². The molecule has 2 rings (SSSR count). The van der Waals surface area contributed by atoms with Crippen LogP contribution in [-0.2, 0) is 16.0 Å². The molecule has 0 aliphatic carbocycles. The molecule has 1 heterocycles. The fraction of sp³-hybridized carbons (Fsp3) is 0.500. The standard InChI is InChI=1S/C14H20N2O2/c1-10(9-18-2)14(17)16-8-4-5-11-12(15)6-3-7-13(11)16/h3,6-7,10H,4-5,8-9,15H2,1-2H3. The molecule has 98 valence electrons. The number of benzene rings is 1. The van der Waals surface area contributed by atoms with Gasteiger partial charge in [0.1, 0.15) is 0 Å². The van der Waals surface area contributed by atoms with Crippen LogP contribution in [0.5, 0.6) is 0 Å². The first-order valence-corrected chi connectivity index (χ1v) is 6.33. The van der Waals surface area contributed by atoms with Crippen molar-refractivity contribution in [1.29, 1.82) is 0 Å². The maximum absolute atomic E-state index is 12.4. The molecule has 0 radical (unpaired) electrons. The Morgan fingerprint density at radius 3 is 3.06 bits per heavy atom. The molecule has 0 saturated heterocycles. The van der Waals surface area contributed by atoms with Gasteiger partial charge in [0.05, 0.1) is 12.5 Å². The van der Waals surface area contributed by atoms with E-state index in [0.717, 1.165) is 36.3 Å². The number of anilines is 2. The molecule has 1 aromatic carbocycles. The van der Waals surface area contributed by atoms with Gasteiger partial charge in [0, 0.05) is 25.0 Å². The Hall–Kier alpha value is -1.55. The third kappa shape index (κ3) is 2.34. The van der Waals surface area contributed by atoms with Gasteiger partial charge in [-0.25, -0.2) is 0 Å². The first kappa shape index (κ1) is 12.9. The molecule has 1 atom stereocenters. The van der Waals surface area contributed by atoms with Crippen LogP contribution in [0.2, 0.25) is 0 Å². The number of nitrogen functional groups attached to an aromatic ring is 1. The van der Waals surface area contributed by atoms with Crippen LogP contribution in [0.3, 0.4) is 0 Å². The quantitative estimate of drug-likeness (QED) is 0.830. The number of rotatable bonds is 3. The zero-order chi connectivity index (χ0) is 13.1. The molecular formula is C14H20N2O2. The van der Waals surface area contributed by atoms with E-state index in [-0.39, 0.29) is 11.8 Å². The maximum atomic E-state index is 12.4. The summed E-state index contributed by atoms with van der Waals surface area (Å²) in [5.74, 6) is -0.00854. The Labute approximate surface area is 108 Å². The summed E-state index contributed by atoms with van der Waals surface area (Å²) in [5, 5.41) is 0. The van der Waals surface area contributed by atoms with Gasteiger partial charge >= 0.3 is 0 Å². The molecule has 0 bridgehead atoms. The Balaban J connectivity index is 2.27. The highest BCUT2D eigenvalue weighted by Gasteiger charge is 2.26. The first-order chi connectivity index (χ1) is 8.65. The highest BCUT2D eigenvalue weighted by molar-refractivity contribution is 5.96. The summed E-state index contributed by atoms with van der Waals surface area (Å²) < 4.78 is 5.06. The van der Waals surface area contributed by atoms with Crippen molar-refractivity contribution in [2.75, 3.05) is 30.9 Å². The van der Waals surface area contributed by atoms with E-state index in [2.05, 4.69) is 0 Å². The van der Waals surface area contributed by atoms with Crippen LogP contribution in [0.1, 0.15) is 18.9 Å². The minimum absolute atomic E-state index is 0.114. The Morgan fingerprint density at radius 1 is 1.56 bits per heavy atom. The Kier molecular flexibility index (Phi) is 3.87. The third-order valence-corrected chi connectivity index (χ3v) is 3.39. The van der Waals surface area contributed by atoms with Crippen LogP contribution in [0.4, 0.5) is 11.4 Å². The number of carbonyl (C=O) groups is 1. The first-order valence-electron chi connectivity index (χ1n) is 6.33. The molecule has 1 amide bonds. The van der Waals surface area contributed by atoms with Crippen LogP contribution in [0.15, 0.2) is 18.2 Å². The molecule has 4 nitrogen and oxygen atoms in total. The molecule has 2 N–H and O–H groups in total. The van der Waals surface area contributed by atoms with Gasteiger partial charge in [-0.05, 0) is 30.5 Å². The number of hydrogen-bond donors (Lipinski definition) is 1. The third-order valence-electron chi connectivity index (χ3n) is 3.39. The van der Waals surface area contributed by atoms with Gasteiger partial charge in [-0.1, -0.05) is 13.0 Å². The van der Waals surface area contributed by atoms with Gasteiger partial charge in [0.25, 0.3) is 0 Å². The number of nitrogens with two attached hydrogens (primary N) is 1. The number of nitrogens with zero attached hydrogens (tertiary/aromatic N) is 1. The molecule has 4 heteroatoms. The number of methoxy groups -OCH3 is 1. The van der Waals surface area contributed by atoms with Gasteiger partial charge < -0.3 is 15.4 Å². The molecule has 0 fully saturated rings. The van der Waals surface area contributed by atoms with Gasteiger partial charge in [-0.15, -0.1) is 0 Å². The molecular weight excluding hydrogens is 228 g/mol. The van der Waals surface area contributed by atoms with Gasteiger partial charge in [-0.3, -0.25) is 4.79 Å². The van der Waals surface area contributed by atoms with Gasteiger partial charge in [-0.2, -0.15) is 0 Å². The minimum Gasteiger partial charge on any atom is -0.398 e. The molecule has 0 aromatic heterocycles. The highest BCUT2D eigenvalue weighted by Crippen LogP contribution is 2.32. The van der Waals surface area contributed by atoms with Crippen molar-refractivity contribution >= 4 is 17.3 Å². The van der Waals surface area contributed by atoms with Crippen LogP contribution in [0, 0.1) is 5.92 Å². The second kappa shape index (κ2) is 5.40. The summed E-state index contributed by atoms with van der Waals surface area (Å²) in [6.07, 6.45) is 1.91. The van der Waals surface area contributed by atoms with Crippen molar-refractivity contribution in [2.24, 2.45) is 5.92 Å². The smallest absolute Gasteiger partial charge is 0.232 e. The van der Waals surface area contributed by atoms with E-state index in [1.165, 1.54) is 0 Å². The lowest BCUT2D eigenvalue weighted by molar-refractivity contribution is -0.123. The lowest BCUT2D eigenvalue weighted by Gasteiger charge is -2.32. The van der Waals surface area contributed by atoms with E-state index in [9.17, 15) is 4.79 Å². The van der Waals surface area contributed by atoms with E-state index < -0.39 is 0 Å². The zero-order valence-electron chi connectivity index (χ0n) is 11.0. The van der Waals surface area contributed by atoms with Crippen LogP contribution >= 0.6 is 0 Å². The van der Waals surface area contributed by atoms with Crippen LogP contribution in [0.25, 0.3) is 0 Å². The lowest BCUT2D eigenvalue weighted by atomic mass is 9.98. The van der Waals surface area contributed by atoms with Gasteiger partial charge in [0.15, 0.2) is 0 Å². The zero-order valence-corrected chi connectivity index (χ0v) is 11.0. The summed E-state index contributed by atoms with van der Waals surface area (Å²) in [6, 6.07) is 5.77. The largest absolute Gasteiger partial charge is 0.398 e. The summed E-state index contributed by atoms with van der Waals surface area (Å²) >= 11 is 0. The molecule has 18 heavy (non-hydrogen) atoms. The van der Waals surface area contributed by atoms with Crippen LogP contribution in [-0.4, -0.2) is 26.2 Å². The number of carbonyl (C=O) groups excluding carboxylic acids is 1. The lowest BCUT2D eigenvalue weighted by Crippen LogP contribution is -2.40. The minimum atomic E-state index is -0.123. The van der Waals surface area contributed by atoms with Gasteiger partial charge in [0.2, 0.25) is 5.91 Å². The van der Waals surface area contributed by atoms with E-state index in [1.807, 2.05) is 30.0 Å². The summed E-state index contributed by atoms with van der Waals surface area (Å²) in [4.78, 5) is 14.2. The SMILES string of the molecule is COCC(C)C(=O)N1CCCc2c(N)cccc21. The highest BCUT2D eigenvalue weighted by atomic mass is 16.5. The summed E-state index contributed by atoms with van der Waals surface area (Å²) in [6.45, 7) is 3.11. The average Bonchev–Trinajstić information content (AvgIpc) is 2.38. The second-order valence-corrected chi connectivity index (χ2v) is 4.79. The van der Waals surface area contributed by atoms with E-state index >= 15 is 0 Å². The van der Waals surface area contributed by atoms with E-state index in [0.29, 0.717) is 6.61 Å². The summed E-state index contributed by atoms with van der Waals surface area (Å²) in [5.41, 5.74) is 8.82. The monoisotopic (exact) mass is 248 g/mol. The maximum Gasteiger partial charge on any atom is 0.232 e. The number of fused-ring (bicyclic) bond motifs is 1. The molecule has 0 spiro atoms. The normalized spacial score (nSPS) is 16.2. The number of amides is 1. The van der Waals surface area contributed by atoms with E-state index in [4.69, 9.17) is 10.5 Å². The average molecular weight is 248 g/mol. The van der Waals surface area contributed by atoms with Crippen molar-refractivity contribution in [3.05, 3.63) is 23.8 Å². The van der Waals surface area contributed by atoms with Crippen molar-refractivity contribution in [3.63, 3.8) is 0 Å². The fourth-order valence-corrected chi connectivity index (χ4v) is 2.47. The van der Waals surface area contributed by atoms with Crippen molar-refractivity contribution < 1.29 is 9.53 Å². The molecule has 1 aromatic rings. The van der Waals surface area contributed by atoms with Crippen molar-refractivity contribution in [1.82, 2.24) is 0 Å². The predicted molar refractivity (Wildman–Crippen MR) is 72.6 cm³/mol. The molecule has 1 unspecified atom stereocenters. The predicted octanol–water partition coefficient (Wildman–Crippen LogP) is 1.83. The number of ether oxygens (including phenoxy) is 1. The molecule has 1 aliphatic rings. The molecule has 1 aliphatic heterocycles.